The van der Waals surface area contributed by atoms with E-state index in [1.807, 2.05) is 0 Å². The standard InChI is InChI=1S/C14H24N4O2.ClH/c1-14(2,3)11-9-13(20-17-11)16-12(19)10-18-7-4-5-15-6-8-18;/h9,15H,4-8,10H2,1-3H3,(H,16,19);1H. The SMILES string of the molecule is CC(C)(C)c1cc(NC(=O)CN2CCCNCC2)on1.Cl. The van der Waals surface area contributed by atoms with Gasteiger partial charge in [-0.05, 0) is 19.5 Å². The Kier molecular flexibility index (Phi) is 6.64. The van der Waals surface area contributed by atoms with Gasteiger partial charge in [0.1, 0.15) is 0 Å². The highest BCUT2D eigenvalue weighted by Crippen LogP contribution is 2.23. The molecule has 2 rings (SSSR count). The maximum atomic E-state index is 12.0. The number of carbonyl (C=O) groups is 1. The van der Waals surface area contributed by atoms with Crippen LogP contribution in [0, 0.1) is 0 Å². The van der Waals surface area contributed by atoms with Crippen molar-refractivity contribution in [3.63, 3.8) is 0 Å². The van der Waals surface area contributed by atoms with Gasteiger partial charge in [-0.2, -0.15) is 0 Å². The Bertz CT molecular complexity index is 448. The molecule has 2 N–H and O–H groups in total. The molecule has 1 fully saturated rings. The smallest absolute Gasteiger partial charge is 0.240 e. The molecule has 0 unspecified atom stereocenters. The van der Waals surface area contributed by atoms with E-state index in [9.17, 15) is 4.79 Å². The molecule has 1 saturated heterocycles. The highest BCUT2D eigenvalue weighted by atomic mass is 35.5. The van der Waals surface area contributed by atoms with Crippen molar-refractivity contribution < 1.29 is 9.32 Å². The van der Waals surface area contributed by atoms with Crippen molar-refractivity contribution in [3.8, 4) is 0 Å². The van der Waals surface area contributed by atoms with E-state index in [0.29, 0.717) is 12.4 Å². The summed E-state index contributed by atoms with van der Waals surface area (Å²) in [4.78, 5) is 14.1. The van der Waals surface area contributed by atoms with Crippen molar-refractivity contribution >= 4 is 24.2 Å². The summed E-state index contributed by atoms with van der Waals surface area (Å²) in [6.07, 6.45) is 1.07. The fourth-order valence-electron chi connectivity index (χ4n) is 2.13. The van der Waals surface area contributed by atoms with Gasteiger partial charge in [-0.3, -0.25) is 15.0 Å². The van der Waals surface area contributed by atoms with E-state index in [1.165, 1.54) is 0 Å². The number of nitrogens with one attached hydrogen (secondary N) is 2. The highest BCUT2D eigenvalue weighted by Gasteiger charge is 2.20. The zero-order valence-electron chi connectivity index (χ0n) is 12.9. The van der Waals surface area contributed by atoms with Gasteiger partial charge in [-0.25, -0.2) is 0 Å². The third kappa shape index (κ3) is 5.65. The summed E-state index contributed by atoms with van der Waals surface area (Å²) < 4.78 is 5.16. The second-order valence-corrected chi connectivity index (χ2v) is 6.25. The lowest BCUT2D eigenvalue weighted by molar-refractivity contribution is -0.117. The molecular formula is C14H25ClN4O2. The summed E-state index contributed by atoms with van der Waals surface area (Å²) >= 11 is 0. The van der Waals surface area contributed by atoms with E-state index in [2.05, 4.69) is 41.5 Å². The van der Waals surface area contributed by atoms with Crippen LogP contribution < -0.4 is 10.6 Å². The molecule has 6 nitrogen and oxygen atoms in total. The number of rotatable bonds is 3. The van der Waals surface area contributed by atoms with Crippen molar-refractivity contribution in [2.24, 2.45) is 0 Å². The van der Waals surface area contributed by atoms with Gasteiger partial charge in [0.25, 0.3) is 0 Å². The average Bonchev–Trinajstić information content (AvgIpc) is 2.67. The number of amides is 1. The summed E-state index contributed by atoms with van der Waals surface area (Å²) in [5.74, 6) is 0.372. The van der Waals surface area contributed by atoms with Crippen LogP contribution in [-0.2, 0) is 10.2 Å². The Hall–Kier alpha value is -1.11. The monoisotopic (exact) mass is 316 g/mol. The first-order valence-corrected chi connectivity index (χ1v) is 7.15. The van der Waals surface area contributed by atoms with Crippen LogP contribution in [0.5, 0.6) is 0 Å². The average molecular weight is 317 g/mol. The summed E-state index contributed by atoms with van der Waals surface area (Å²) in [5, 5.41) is 10.1. The van der Waals surface area contributed by atoms with Crippen LogP contribution in [0.2, 0.25) is 0 Å². The predicted octanol–water partition coefficient (Wildman–Crippen LogP) is 1.63. The number of carbonyl (C=O) groups excluding carboxylic acids is 1. The van der Waals surface area contributed by atoms with Gasteiger partial charge < -0.3 is 9.84 Å². The zero-order valence-corrected chi connectivity index (χ0v) is 13.8. The third-order valence-corrected chi connectivity index (χ3v) is 3.34. The van der Waals surface area contributed by atoms with Gasteiger partial charge in [-0.1, -0.05) is 25.9 Å². The summed E-state index contributed by atoms with van der Waals surface area (Å²) in [7, 11) is 0. The molecular weight excluding hydrogens is 292 g/mol. The first-order chi connectivity index (χ1) is 9.45. The Balaban J connectivity index is 0.00000220. The maximum Gasteiger partial charge on any atom is 0.240 e. The minimum atomic E-state index is -0.0804. The summed E-state index contributed by atoms with van der Waals surface area (Å²) in [5.41, 5.74) is 0.759. The molecule has 1 aromatic heterocycles. The topological polar surface area (TPSA) is 70.4 Å². The predicted molar refractivity (Wildman–Crippen MR) is 85.0 cm³/mol. The lowest BCUT2D eigenvalue weighted by atomic mass is 9.92. The van der Waals surface area contributed by atoms with Gasteiger partial charge in [0, 0.05) is 24.6 Å². The van der Waals surface area contributed by atoms with Gasteiger partial charge in [0.05, 0.1) is 12.2 Å². The minimum absolute atomic E-state index is 0. The van der Waals surface area contributed by atoms with Crippen LogP contribution in [-0.4, -0.2) is 48.7 Å². The van der Waals surface area contributed by atoms with Crippen LogP contribution >= 0.6 is 12.4 Å². The minimum Gasteiger partial charge on any atom is -0.338 e. The van der Waals surface area contributed by atoms with Crippen LogP contribution in [0.25, 0.3) is 0 Å². The first kappa shape index (κ1) is 17.9. The highest BCUT2D eigenvalue weighted by molar-refractivity contribution is 5.91. The fourth-order valence-corrected chi connectivity index (χ4v) is 2.13. The molecule has 21 heavy (non-hydrogen) atoms. The molecule has 0 saturated carbocycles. The van der Waals surface area contributed by atoms with Crippen molar-refractivity contribution in [1.29, 1.82) is 0 Å². The van der Waals surface area contributed by atoms with E-state index in [1.54, 1.807) is 6.07 Å². The maximum absolute atomic E-state index is 12.0. The number of hydrogen-bond donors (Lipinski definition) is 2. The second-order valence-electron chi connectivity index (χ2n) is 6.25. The van der Waals surface area contributed by atoms with Crippen LogP contribution in [0.4, 0.5) is 5.88 Å². The molecule has 2 heterocycles. The number of halogens is 1. The molecule has 120 valence electrons. The van der Waals surface area contributed by atoms with Crippen LogP contribution in [0.1, 0.15) is 32.9 Å². The van der Waals surface area contributed by atoms with Crippen LogP contribution in [0.15, 0.2) is 10.6 Å². The van der Waals surface area contributed by atoms with E-state index in [0.717, 1.165) is 38.3 Å². The number of anilines is 1. The fraction of sp³-hybridized carbons (Fsp3) is 0.714. The van der Waals surface area contributed by atoms with E-state index in [4.69, 9.17) is 4.52 Å². The van der Waals surface area contributed by atoms with Gasteiger partial charge in [-0.15, -0.1) is 12.4 Å². The molecule has 0 atom stereocenters. The van der Waals surface area contributed by atoms with Gasteiger partial charge >= 0.3 is 0 Å². The molecule has 1 amide bonds. The molecule has 1 aromatic rings. The van der Waals surface area contributed by atoms with Crippen molar-refractivity contribution in [3.05, 3.63) is 11.8 Å². The lowest BCUT2D eigenvalue weighted by Gasteiger charge is -2.17. The van der Waals surface area contributed by atoms with Crippen molar-refractivity contribution in [1.82, 2.24) is 15.4 Å². The molecule has 0 bridgehead atoms. The Labute approximate surface area is 132 Å². The number of nitrogens with zero attached hydrogens (tertiary/aromatic N) is 2. The Morgan fingerprint density at radius 1 is 1.43 bits per heavy atom. The molecule has 0 radical (unpaired) electrons. The van der Waals surface area contributed by atoms with Gasteiger partial charge in [0.15, 0.2) is 0 Å². The normalized spacial score (nSPS) is 16.9. The van der Waals surface area contributed by atoms with Crippen molar-refractivity contribution in [2.75, 3.05) is 38.0 Å². The van der Waals surface area contributed by atoms with E-state index < -0.39 is 0 Å². The van der Waals surface area contributed by atoms with E-state index >= 15 is 0 Å². The molecule has 1 aliphatic heterocycles. The molecule has 7 heteroatoms. The van der Waals surface area contributed by atoms with Crippen LogP contribution in [0.3, 0.4) is 0 Å². The number of aromatic nitrogens is 1. The largest absolute Gasteiger partial charge is 0.338 e. The summed E-state index contributed by atoms with van der Waals surface area (Å²) in [6.45, 7) is 10.4. The number of hydrogen-bond acceptors (Lipinski definition) is 5. The first-order valence-electron chi connectivity index (χ1n) is 7.15. The van der Waals surface area contributed by atoms with Crippen molar-refractivity contribution in [2.45, 2.75) is 32.6 Å². The molecule has 0 aromatic carbocycles. The zero-order chi connectivity index (χ0) is 14.6. The van der Waals surface area contributed by atoms with Gasteiger partial charge in [0.2, 0.25) is 11.8 Å². The molecule has 1 aliphatic rings. The molecule has 0 spiro atoms. The Morgan fingerprint density at radius 2 is 2.19 bits per heavy atom. The van der Waals surface area contributed by atoms with E-state index in [-0.39, 0.29) is 23.7 Å². The lowest BCUT2D eigenvalue weighted by Crippen LogP contribution is -2.35. The third-order valence-electron chi connectivity index (χ3n) is 3.34. The molecule has 0 aliphatic carbocycles. The summed E-state index contributed by atoms with van der Waals surface area (Å²) in [6, 6.07) is 1.79. The Morgan fingerprint density at radius 3 is 2.86 bits per heavy atom. The second kappa shape index (κ2) is 7.77. The quantitative estimate of drug-likeness (QED) is 0.887.